The highest BCUT2D eigenvalue weighted by molar-refractivity contribution is 5.64. The quantitative estimate of drug-likeness (QED) is 0.511. The minimum atomic E-state index is -0.440. The first kappa shape index (κ1) is 17.4. The zero-order valence-electron chi connectivity index (χ0n) is 14.4. The Morgan fingerprint density at radius 3 is 2.31 bits per heavy atom. The number of nitro benzene ring substituents is 1. The maximum Gasteiger partial charge on any atom is 0.269 e. The molecule has 0 bridgehead atoms. The monoisotopic (exact) mass is 354 g/mol. The van der Waals surface area contributed by atoms with Gasteiger partial charge in [-0.05, 0) is 44.2 Å². The molecule has 0 aliphatic rings. The number of nitrogens with one attached hydrogen (secondary N) is 1. The first-order valence-electron chi connectivity index (χ1n) is 8.19. The number of aromatic amines is 1. The summed E-state index contributed by atoms with van der Waals surface area (Å²) in [5.41, 5.74) is 1.52. The second-order valence-corrected chi connectivity index (χ2v) is 5.34. The molecule has 0 fully saturated rings. The highest BCUT2D eigenvalue weighted by atomic mass is 16.6. The molecule has 8 nitrogen and oxygen atoms in total. The Hall–Kier alpha value is -3.42. The van der Waals surface area contributed by atoms with E-state index in [2.05, 4.69) is 15.2 Å². The fraction of sp³-hybridized carbons (Fsp3) is 0.222. The van der Waals surface area contributed by atoms with Crippen molar-refractivity contribution in [2.75, 3.05) is 13.2 Å². The van der Waals surface area contributed by atoms with Gasteiger partial charge in [0.15, 0.2) is 23.1 Å². The summed E-state index contributed by atoms with van der Waals surface area (Å²) in [5, 5.41) is 17.8. The lowest BCUT2D eigenvalue weighted by molar-refractivity contribution is -0.384. The van der Waals surface area contributed by atoms with Gasteiger partial charge in [-0.25, -0.2) is 4.98 Å². The second kappa shape index (κ2) is 7.64. The van der Waals surface area contributed by atoms with E-state index in [1.807, 2.05) is 32.0 Å². The molecule has 0 aliphatic carbocycles. The van der Waals surface area contributed by atoms with Crippen molar-refractivity contribution in [3.8, 4) is 34.3 Å². The van der Waals surface area contributed by atoms with Gasteiger partial charge in [-0.1, -0.05) is 0 Å². The molecule has 2 aromatic carbocycles. The molecule has 0 saturated carbocycles. The van der Waals surface area contributed by atoms with E-state index in [9.17, 15) is 10.1 Å². The molecule has 0 atom stereocenters. The molecule has 1 heterocycles. The minimum Gasteiger partial charge on any atom is -0.490 e. The average Bonchev–Trinajstić information content (AvgIpc) is 3.14. The number of nitrogens with zero attached hydrogens (tertiary/aromatic N) is 3. The number of aromatic nitrogens is 3. The number of H-pyrrole nitrogens is 1. The summed E-state index contributed by atoms with van der Waals surface area (Å²) in [4.78, 5) is 14.8. The predicted octanol–water partition coefficient (Wildman–Crippen LogP) is 3.84. The molecule has 8 heteroatoms. The van der Waals surface area contributed by atoms with Crippen LogP contribution < -0.4 is 9.47 Å². The van der Waals surface area contributed by atoms with Crippen molar-refractivity contribution in [2.45, 2.75) is 13.8 Å². The Labute approximate surface area is 150 Å². The van der Waals surface area contributed by atoms with Gasteiger partial charge in [-0.3, -0.25) is 15.2 Å². The number of rotatable bonds is 7. The van der Waals surface area contributed by atoms with Crippen LogP contribution in [0.15, 0.2) is 42.5 Å². The van der Waals surface area contributed by atoms with Crippen LogP contribution in [0.1, 0.15) is 13.8 Å². The summed E-state index contributed by atoms with van der Waals surface area (Å²) in [6.45, 7) is 4.88. The van der Waals surface area contributed by atoms with E-state index < -0.39 is 4.92 Å². The summed E-state index contributed by atoms with van der Waals surface area (Å²) in [6.07, 6.45) is 0. The zero-order valence-corrected chi connectivity index (χ0v) is 14.4. The van der Waals surface area contributed by atoms with Crippen LogP contribution >= 0.6 is 0 Å². The van der Waals surface area contributed by atoms with Crippen molar-refractivity contribution >= 4 is 5.69 Å². The molecular formula is C18H18N4O4. The highest BCUT2D eigenvalue weighted by Gasteiger charge is 2.13. The van der Waals surface area contributed by atoms with E-state index in [1.54, 1.807) is 12.1 Å². The molecule has 1 N–H and O–H groups in total. The van der Waals surface area contributed by atoms with E-state index in [0.717, 1.165) is 5.56 Å². The molecule has 0 spiro atoms. The summed E-state index contributed by atoms with van der Waals surface area (Å²) in [6, 6.07) is 11.6. The molecule has 0 saturated heterocycles. The van der Waals surface area contributed by atoms with Gasteiger partial charge in [0.2, 0.25) is 0 Å². The molecule has 0 radical (unpaired) electrons. The van der Waals surface area contributed by atoms with Crippen molar-refractivity contribution in [1.82, 2.24) is 15.2 Å². The Kier molecular flexibility index (Phi) is 5.12. The van der Waals surface area contributed by atoms with Crippen LogP contribution in [0, 0.1) is 10.1 Å². The lowest BCUT2D eigenvalue weighted by atomic mass is 10.2. The van der Waals surface area contributed by atoms with Gasteiger partial charge in [0.05, 0.1) is 18.1 Å². The van der Waals surface area contributed by atoms with Gasteiger partial charge in [-0.15, -0.1) is 0 Å². The van der Waals surface area contributed by atoms with E-state index >= 15 is 0 Å². The first-order valence-corrected chi connectivity index (χ1v) is 8.19. The Morgan fingerprint density at radius 1 is 1.00 bits per heavy atom. The minimum absolute atomic E-state index is 0.0290. The standard InChI is InChI=1S/C18H18N4O4/c1-3-25-15-10-7-13(11-16(15)26-4-2)18-19-17(20-21-18)12-5-8-14(9-6-12)22(23)24/h5-11H,3-4H2,1-2H3,(H,19,20,21). The average molecular weight is 354 g/mol. The highest BCUT2D eigenvalue weighted by Crippen LogP contribution is 2.32. The molecular weight excluding hydrogens is 336 g/mol. The molecule has 0 amide bonds. The molecule has 1 aromatic heterocycles. The van der Waals surface area contributed by atoms with Gasteiger partial charge in [-0.2, -0.15) is 5.10 Å². The van der Waals surface area contributed by atoms with Crippen molar-refractivity contribution in [1.29, 1.82) is 0 Å². The van der Waals surface area contributed by atoms with Crippen LogP contribution in [0.2, 0.25) is 0 Å². The normalized spacial score (nSPS) is 10.5. The fourth-order valence-corrected chi connectivity index (χ4v) is 2.45. The van der Waals surface area contributed by atoms with Crippen LogP contribution in [0.25, 0.3) is 22.8 Å². The summed E-state index contributed by atoms with van der Waals surface area (Å²) < 4.78 is 11.2. The molecule has 134 valence electrons. The first-order chi connectivity index (χ1) is 12.6. The maximum atomic E-state index is 10.7. The predicted molar refractivity (Wildman–Crippen MR) is 96.2 cm³/mol. The van der Waals surface area contributed by atoms with Crippen LogP contribution in [0.4, 0.5) is 5.69 Å². The van der Waals surface area contributed by atoms with Gasteiger partial charge in [0.1, 0.15) is 0 Å². The number of hydrogen-bond donors (Lipinski definition) is 1. The van der Waals surface area contributed by atoms with Crippen LogP contribution in [0.5, 0.6) is 11.5 Å². The van der Waals surface area contributed by atoms with E-state index in [1.165, 1.54) is 12.1 Å². The number of nitro groups is 1. The van der Waals surface area contributed by atoms with Crippen LogP contribution in [-0.4, -0.2) is 33.3 Å². The maximum absolute atomic E-state index is 10.7. The largest absolute Gasteiger partial charge is 0.490 e. The van der Waals surface area contributed by atoms with Crippen molar-refractivity contribution in [3.05, 3.63) is 52.6 Å². The second-order valence-electron chi connectivity index (χ2n) is 5.34. The van der Waals surface area contributed by atoms with Crippen molar-refractivity contribution in [3.63, 3.8) is 0 Å². The van der Waals surface area contributed by atoms with Crippen LogP contribution in [0.3, 0.4) is 0 Å². The van der Waals surface area contributed by atoms with Gasteiger partial charge >= 0.3 is 0 Å². The lowest BCUT2D eigenvalue weighted by Crippen LogP contribution is -1.98. The lowest BCUT2D eigenvalue weighted by Gasteiger charge is -2.11. The van der Waals surface area contributed by atoms with Gasteiger partial charge < -0.3 is 9.47 Å². The number of ether oxygens (including phenoxy) is 2. The van der Waals surface area contributed by atoms with Gasteiger partial charge in [0, 0.05) is 23.3 Å². The Balaban J connectivity index is 1.89. The Bertz CT molecular complexity index is 906. The summed E-state index contributed by atoms with van der Waals surface area (Å²) in [7, 11) is 0. The number of benzene rings is 2. The summed E-state index contributed by atoms with van der Waals surface area (Å²) in [5.74, 6) is 2.34. The van der Waals surface area contributed by atoms with Crippen molar-refractivity contribution < 1.29 is 14.4 Å². The fourth-order valence-electron chi connectivity index (χ4n) is 2.45. The van der Waals surface area contributed by atoms with E-state index in [-0.39, 0.29) is 5.69 Å². The van der Waals surface area contributed by atoms with Crippen molar-refractivity contribution in [2.24, 2.45) is 0 Å². The summed E-state index contributed by atoms with van der Waals surface area (Å²) >= 11 is 0. The smallest absolute Gasteiger partial charge is 0.269 e. The zero-order chi connectivity index (χ0) is 18.5. The molecule has 0 aliphatic heterocycles. The third-order valence-corrected chi connectivity index (χ3v) is 3.64. The van der Waals surface area contributed by atoms with Crippen LogP contribution in [-0.2, 0) is 0 Å². The molecule has 3 aromatic rings. The molecule has 26 heavy (non-hydrogen) atoms. The van der Waals surface area contributed by atoms with E-state index in [4.69, 9.17) is 9.47 Å². The van der Waals surface area contributed by atoms with E-state index in [0.29, 0.717) is 41.9 Å². The molecule has 3 rings (SSSR count). The third-order valence-electron chi connectivity index (χ3n) is 3.64. The van der Waals surface area contributed by atoms with Gasteiger partial charge in [0.25, 0.3) is 5.69 Å². The SMILES string of the molecule is CCOc1ccc(-c2n[nH]c(-c3ccc([N+](=O)[O-])cc3)n2)cc1OCC. The number of hydrogen-bond acceptors (Lipinski definition) is 6. The Morgan fingerprint density at radius 2 is 1.65 bits per heavy atom. The number of non-ortho nitro benzene ring substituents is 1. The third kappa shape index (κ3) is 3.64. The molecule has 0 unspecified atom stereocenters. The topological polar surface area (TPSA) is 103 Å².